The lowest BCUT2D eigenvalue weighted by atomic mass is 10.1. The van der Waals surface area contributed by atoms with Gasteiger partial charge in [0.05, 0.1) is 13.2 Å². The van der Waals surface area contributed by atoms with E-state index in [0.717, 1.165) is 17.9 Å². The summed E-state index contributed by atoms with van der Waals surface area (Å²) in [4.78, 5) is 11.8. The zero-order valence-corrected chi connectivity index (χ0v) is 14.2. The molecule has 0 unspecified atom stereocenters. The third-order valence-electron chi connectivity index (χ3n) is 3.53. The van der Waals surface area contributed by atoms with E-state index in [9.17, 15) is 4.79 Å². The Hall–Kier alpha value is -2.49. The van der Waals surface area contributed by atoms with Crippen LogP contribution in [0.2, 0.25) is 0 Å². The quantitative estimate of drug-likeness (QED) is 0.678. The molecule has 0 radical (unpaired) electrons. The van der Waals surface area contributed by atoms with E-state index in [4.69, 9.17) is 9.47 Å². The van der Waals surface area contributed by atoms with Crippen molar-refractivity contribution in [3.63, 3.8) is 0 Å². The number of carbonyl (C=O) groups excluding carboxylic acids is 1. The van der Waals surface area contributed by atoms with Gasteiger partial charge in [-0.05, 0) is 49.6 Å². The molecule has 0 heterocycles. The first-order chi connectivity index (χ1) is 11.8. The number of carbonyl (C=O) groups is 1. The Morgan fingerprint density at radius 2 is 1.62 bits per heavy atom. The summed E-state index contributed by atoms with van der Waals surface area (Å²) in [5.74, 6) is 1.70. The molecule has 0 saturated heterocycles. The molecule has 2 aromatic rings. The Bertz CT molecular complexity index is 596. The fourth-order valence-corrected chi connectivity index (χ4v) is 2.30. The van der Waals surface area contributed by atoms with Crippen LogP contribution in [0.1, 0.15) is 25.3 Å². The van der Waals surface area contributed by atoms with E-state index in [2.05, 4.69) is 17.4 Å². The minimum Gasteiger partial charge on any atom is -0.494 e. The molecule has 4 heteroatoms. The van der Waals surface area contributed by atoms with Crippen LogP contribution in [0.15, 0.2) is 54.6 Å². The van der Waals surface area contributed by atoms with Crippen LogP contribution in [0.4, 0.5) is 0 Å². The lowest BCUT2D eigenvalue weighted by Crippen LogP contribution is -2.25. The molecule has 1 amide bonds. The van der Waals surface area contributed by atoms with E-state index in [1.165, 1.54) is 5.56 Å². The molecule has 2 rings (SSSR count). The van der Waals surface area contributed by atoms with Crippen LogP contribution >= 0.6 is 0 Å². The highest BCUT2D eigenvalue weighted by molar-refractivity contribution is 5.75. The maximum atomic E-state index is 11.8. The van der Waals surface area contributed by atoms with Gasteiger partial charge in [0.2, 0.25) is 5.91 Å². The minimum atomic E-state index is 0.0706. The number of amides is 1. The van der Waals surface area contributed by atoms with Gasteiger partial charge in [-0.25, -0.2) is 0 Å². The number of hydrogen-bond acceptors (Lipinski definition) is 3. The van der Waals surface area contributed by atoms with Crippen LogP contribution in [0.25, 0.3) is 0 Å². The molecule has 2 aromatic carbocycles. The van der Waals surface area contributed by atoms with E-state index in [0.29, 0.717) is 32.6 Å². The molecular formula is C20H25NO3. The summed E-state index contributed by atoms with van der Waals surface area (Å²) in [6, 6.07) is 17.7. The zero-order chi connectivity index (χ0) is 17.0. The smallest absolute Gasteiger partial charge is 0.220 e. The molecule has 24 heavy (non-hydrogen) atoms. The third kappa shape index (κ3) is 6.73. The number of rotatable bonds is 10. The molecule has 128 valence electrons. The second-order valence-electron chi connectivity index (χ2n) is 5.44. The van der Waals surface area contributed by atoms with Gasteiger partial charge < -0.3 is 14.8 Å². The van der Waals surface area contributed by atoms with Gasteiger partial charge in [0.15, 0.2) is 0 Å². The van der Waals surface area contributed by atoms with E-state index in [-0.39, 0.29) is 5.91 Å². The largest absolute Gasteiger partial charge is 0.494 e. The van der Waals surface area contributed by atoms with Crippen molar-refractivity contribution in [2.75, 3.05) is 19.8 Å². The summed E-state index contributed by atoms with van der Waals surface area (Å²) in [6.07, 6.45) is 2.03. The normalized spacial score (nSPS) is 10.2. The van der Waals surface area contributed by atoms with Crippen molar-refractivity contribution < 1.29 is 14.3 Å². The lowest BCUT2D eigenvalue weighted by Gasteiger charge is -2.08. The Balaban J connectivity index is 1.55. The molecule has 4 nitrogen and oxygen atoms in total. The van der Waals surface area contributed by atoms with E-state index < -0.39 is 0 Å². The highest BCUT2D eigenvalue weighted by Crippen LogP contribution is 2.17. The van der Waals surface area contributed by atoms with E-state index >= 15 is 0 Å². The van der Waals surface area contributed by atoms with Gasteiger partial charge in [-0.15, -0.1) is 0 Å². The van der Waals surface area contributed by atoms with Crippen LogP contribution < -0.4 is 14.8 Å². The first-order valence-electron chi connectivity index (χ1n) is 8.44. The first kappa shape index (κ1) is 17.9. The molecule has 0 spiro atoms. The van der Waals surface area contributed by atoms with Crippen LogP contribution in [-0.2, 0) is 11.2 Å². The summed E-state index contributed by atoms with van der Waals surface area (Å²) in [5.41, 5.74) is 1.23. The van der Waals surface area contributed by atoms with Crippen LogP contribution in [0, 0.1) is 0 Å². The highest BCUT2D eigenvalue weighted by Gasteiger charge is 2.02. The zero-order valence-electron chi connectivity index (χ0n) is 14.2. The Morgan fingerprint density at radius 1 is 0.958 bits per heavy atom. The average molecular weight is 327 g/mol. The van der Waals surface area contributed by atoms with Gasteiger partial charge in [-0.2, -0.15) is 0 Å². The molecule has 0 bridgehead atoms. The number of ether oxygens (including phenoxy) is 2. The van der Waals surface area contributed by atoms with Crippen molar-refractivity contribution >= 4 is 5.91 Å². The van der Waals surface area contributed by atoms with Crippen molar-refractivity contribution in [3.8, 4) is 11.5 Å². The molecule has 0 fully saturated rings. The summed E-state index contributed by atoms with van der Waals surface area (Å²) in [7, 11) is 0. The van der Waals surface area contributed by atoms with Gasteiger partial charge in [-0.3, -0.25) is 4.79 Å². The Morgan fingerprint density at radius 3 is 2.29 bits per heavy atom. The molecular weight excluding hydrogens is 302 g/mol. The molecule has 0 aliphatic rings. The highest BCUT2D eigenvalue weighted by atomic mass is 16.5. The number of nitrogens with one attached hydrogen (secondary N) is 1. The summed E-state index contributed by atoms with van der Waals surface area (Å²) >= 11 is 0. The van der Waals surface area contributed by atoms with Crippen molar-refractivity contribution in [1.29, 1.82) is 0 Å². The predicted molar refractivity (Wildman–Crippen MR) is 95.5 cm³/mol. The maximum Gasteiger partial charge on any atom is 0.220 e. The van der Waals surface area contributed by atoms with E-state index in [1.54, 1.807) is 0 Å². The fraction of sp³-hybridized carbons (Fsp3) is 0.350. The molecule has 0 aliphatic heterocycles. The predicted octanol–water partition coefficient (Wildman–Crippen LogP) is 3.60. The van der Waals surface area contributed by atoms with Gasteiger partial charge in [0.25, 0.3) is 0 Å². The molecule has 1 N–H and O–H groups in total. The van der Waals surface area contributed by atoms with Gasteiger partial charge in [-0.1, -0.05) is 30.3 Å². The summed E-state index contributed by atoms with van der Waals surface area (Å²) in [5, 5.41) is 2.94. The van der Waals surface area contributed by atoms with E-state index in [1.807, 2.05) is 49.4 Å². The average Bonchev–Trinajstić information content (AvgIpc) is 2.61. The monoisotopic (exact) mass is 327 g/mol. The second kappa shape index (κ2) is 10.3. The second-order valence-corrected chi connectivity index (χ2v) is 5.44. The molecule has 0 saturated carbocycles. The van der Waals surface area contributed by atoms with Gasteiger partial charge >= 0.3 is 0 Å². The third-order valence-corrected chi connectivity index (χ3v) is 3.53. The fourth-order valence-electron chi connectivity index (χ4n) is 2.30. The minimum absolute atomic E-state index is 0.0706. The SMILES string of the molecule is CCOc1ccc(OCCCC(=O)NCCc2ccccc2)cc1. The Kier molecular flexibility index (Phi) is 7.68. The Labute approximate surface area is 143 Å². The van der Waals surface area contributed by atoms with Crippen molar-refractivity contribution in [2.24, 2.45) is 0 Å². The topological polar surface area (TPSA) is 47.6 Å². The van der Waals surface area contributed by atoms with Crippen molar-refractivity contribution in [2.45, 2.75) is 26.2 Å². The first-order valence-corrected chi connectivity index (χ1v) is 8.44. The molecule has 0 atom stereocenters. The number of benzene rings is 2. The van der Waals surface area contributed by atoms with Crippen molar-refractivity contribution in [1.82, 2.24) is 5.32 Å². The summed E-state index contributed by atoms with van der Waals surface area (Å²) < 4.78 is 11.0. The van der Waals surface area contributed by atoms with Crippen LogP contribution in [-0.4, -0.2) is 25.7 Å². The lowest BCUT2D eigenvalue weighted by molar-refractivity contribution is -0.121. The van der Waals surface area contributed by atoms with Gasteiger partial charge in [0.1, 0.15) is 11.5 Å². The summed E-state index contributed by atoms with van der Waals surface area (Å²) in [6.45, 7) is 3.80. The van der Waals surface area contributed by atoms with Crippen LogP contribution in [0.3, 0.4) is 0 Å². The van der Waals surface area contributed by atoms with Crippen molar-refractivity contribution in [3.05, 3.63) is 60.2 Å². The molecule has 0 aromatic heterocycles. The van der Waals surface area contributed by atoms with Gasteiger partial charge in [0, 0.05) is 13.0 Å². The number of hydrogen-bond donors (Lipinski definition) is 1. The van der Waals surface area contributed by atoms with Crippen LogP contribution in [0.5, 0.6) is 11.5 Å². The maximum absolute atomic E-state index is 11.8. The standard InChI is InChI=1S/C20H25NO3/c1-2-23-18-10-12-19(13-11-18)24-16-6-9-20(22)21-15-14-17-7-4-3-5-8-17/h3-5,7-8,10-13H,2,6,9,14-16H2,1H3,(H,21,22). The molecule has 0 aliphatic carbocycles.